The molecule has 0 spiro atoms. The summed E-state index contributed by atoms with van der Waals surface area (Å²) in [4.78, 5) is 13.7. The highest BCUT2D eigenvalue weighted by Gasteiger charge is 2.49. The Kier molecular flexibility index (Phi) is 5.59. The van der Waals surface area contributed by atoms with Gasteiger partial charge in [0.25, 0.3) is 0 Å². The second kappa shape index (κ2) is 9.55. The summed E-state index contributed by atoms with van der Waals surface area (Å²) in [6, 6.07) is 40.1. The molecule has 9 rings (SSSR count). The van der Waals surface area contributed by atoms with Crippen LogP contribution in [-0.4, -0.2) is 15.0 Å². The van der Waals surface area contributed by atoms with Crippen LogP contribution in [0.25, 0.3) is 66.5 Å². The van der Waals surface area contributed by atoms with Gasteiger partial charge >= 0.3 is 0 Å². The van der Waals surface area contributed by atoms with Crippen LogP contribution in [0.15, 0.2) is 128 Å². The van der Waals surface area contributed by atoms with Crippen LogP contribution < -0.4 is 0 Å². The molecule has 0 atom stereocenters. The van der Waals surface area contributed by atoms with E-state index in [1.807, 2.05) is 6.20 Å². The van der Waals surface area contributed by atoms with Crippen LogP contribution >= 0.6 is 0 Å². The summed E-state index contributed by atoms with van der Waals surface area (Å²) in [7, 11) is 0. The van der Waals surface area contributed by atoms with E-state index in [1.165, 1.54) is 66.2 Å². The monoisotopic (exact) mass is 591 g/mol. The van der Waals surface area contributed by atoms with Crippen molar-refractivity contribution in [2.75, 3.05) is 0 Å². The van der Waals surface area contributed by atoms with Crippen molar-refractivity contribution in [2.45, 2.75) is 38.5 Å². The van der Waals surface area contributed by atoms with E-state index in [-0.39, 0.29) is 10.8 Å². The first-order valence-corrected chi connectivity index (χ1v) is 16.0. The number of para-hydroxylation sites is 1. The molecule has 0 fully saturated rings. The topological polar surface area (TPSA) is 38.7 Å². The van der Waals surface area contributed by atoms with Gasteiger partial charge in [-0.15, -0.1) is 0 Å². The summed E-state index contributed by atoms with van der Waals surface area (Å²) >= 11 is 0. The Morgan fingerprint density at radius 2 is 1.04 bits per heavy atom. The predicted octanol–water partition coefficient (Wildman–Crippen LogP) is 10.7. The first-order valence-electron chi connectivity index (χ1n) is 16.0. The molecule has 220 valence electrons. The summed E-state index contributed by atoms with van der Waals surface area (Å²) < 4.78 is 0. The fraction of sp³-hybridized carbons (Fsp3) is 0.140. The molecule has 3 nitrogen and oxygen atoms in total. The van der Waals surface area contributed by atoms with Gasteiger partial charge < -0.3 is 0 Å². The zero-order valence-electron chi connectivity index (χ0n) is 26.5. The van der Waals surface area contributed by atoms with Crippen LogP contribution in [0.2, 0.25) is 0 Å². The molecule has 0 bridgehead atoms. The molecule has 0 amide bonds. The van der Waals surface area contributed by atoms with E-state index >= 15 is 0 Å². The summed E-state index contributed by atoms with van der Waals surface area (Å²) in [5, 5.41) is 3.59. The van der Waals surface area contributed by atoms with E-state index in [4.69, 9.17) is 4.98 Å². The average molecular weight is 592 g/mol. The van der Waals surface area contributed by atoms with Gasteiger partial charge in [0.1, 0.15) is 0 Å². The number of allylic oxidation sites excluding steroid dienone is 2. The van der Waals surface area contributed by atoms with Crippen molar-refractivity contribution in [3.63, 3.8) is 0 Å². The molecule has 0 N–H and O–H groups in total. The van der Waals surface area contributed by atoms with Gasteiger partial charge in [0.15, 0.2) is 0 Å². The number of benzene rings is 5. The van der Waals surface area contributed by atoms with Crippen LogP contribution in [0, 0.1) is 0 Å². The van der Waals surface area contributed by atoms with Crippen LogP contribution in [0.5, 0.6) is 0 Å². The molecule has 0 saturated carbocycles. The lowest BCUT2D eigenvalue weighted by Crippen LogP contribution is -2.19. The van der Waals surface area contributed by atoms with Crippen LogP contribution in [0.3, 0.4) is 0 Å². The number of hydrogen-bond donors (Lipinski definition) is 0. The van der Waals surface area contributed by atoms with Gasteiger partial charge in [-0.25, -0.2) is 4.98 Å². The number of hydrogen-bond acceptors (Lipinski definition) is 3. The van der Waals surface area contributed by atoms with Gasteiger partial charge in [-0.1, -0.05) is 100 Å². The largest absolute Gasteiger partial charge is 0.261 e. The van der Waals surface area contributed by atoms with E-state index in [0.29, 0.717) is 0 Å². The van der Waals surface area contributed by atoms with Crippen molar-refractivity contribution < 1.29 is 0 Å². The van der Waals surface area contributed by atoms with Crippen molar-refractivity contribution in [1.82, 2.24) is 15.0 Å². The van der Waals surface area contributed by atoms with Gasteiger partial charge in [-0.05, 0) is 91.7 Å². The van der Waals surface area contributed by atoms with E-state index in [1.54, 1.807) is 12.4 Å². The molecule has 2 heterocycles. The molecule has 2 aromatic heterocycles. The summed E-state index contributed by atoms with van der Waals surface area (Å²) in [5.74, 6) is 0. The van der Waals surface area contributed by atoms with Gasteiger partial charge in [-0.2, -0.15) is 0 Å². The first-order chi connectivity index (χ1) is 22.3. The molecular weight excluding hydrogens is 558 g/mol. The van der Waals surface area contributed by atoms with Crippen LogP contribution in [0.4, 0.5) is 0 Å². The molecule has 46 heavy (non-hydrogen) atoms. The fourth-order valence-electron chi connectivity index (χ4n) is 7.99. The minimum Gasteiger partial charge on any atom is -0.261 e. The molecule has 5 aromatic carbocycles. The Bertz CT molecular complexity index is 2410. The molecule has 0 radical (unpaired) electrons. The Morgan fingerprint density at radius 3 is 1.76 bits per heavy atom. The molecule has 3 heteroatoms. The van der Waals surface area contributed by atoms with Gasteiger partial charge in [-0.3, -0.25) is 9.97 Å². The normalized spacial score (nSPS) is 15.7. The molecule has 2 aliphatic rings. The van der Waals surface area contributed by atoms with E-state index in [2.05, 4.69) is 147 Å². The van der Waals surface area contributed by atoms with E-state index in [0.717, 1.165) is 22.5 Å². The van der Waals surface area contributed by atoms with Crippen LogP contribution in [0.1, 0.15) is 49.9 Å². The minimum atomic E-state index is -0.120. The third kappa shape index (κ3) is 3.88. The highest BCUT2D eigenvalue weighted by molar-refractivity contribution is 6.10. The maximum Gasteiger partial charge on any atom is 0.0885 e. The highest BCUT2D eigenvalue weighted by Crippen LogP contribution is 2.63. The van der Waals surface area contributed by atoms with Gasteiger partial charge in [0.2, 0.25) is 0 Å². The summed E-state index contributed by atoms with van der Waals surface area (Å²) in [6.07, 6.45) is 5.26. The second-order valence-corrected chi connectivity index (χ2v) is 13.8. The Morgan fingerprint density at radius 1 is 0.478 bits per heavy atom. The molecule has 0 unspecified atom stereocenters. The number of aromatic nitrogens is 3. The lowest BCUT2D eigenvalue weighted by molar-refractivity contribution is 0.694. The third-order valence-corrected chi connectivity index (χ3v) is 10.4. The maximum atomic E-state index is 5.01. The summed E-state index contributed by atoms with van der Waals surface area (Å²) in [5.41, 5.74) is 15.9. The van der Waals surface area contributed by atoms with E-state index in [9.17, 15) is 0 Å². The van der Waals surface area contributed by atoms with Crippen molar-refractivity contribution in [2.24, 2.45) is 0 Å². The standard InChI is InChI=1S/C43H33N3/c1-42(2)35-23-30(28-9-10-29-22-31(12-11-27(29)21-28)39-25-44-19-20-45-39)13-16-33(35)40-41(42)34-17-14-32(24-36(34)43(40,3)4)38-18-15-26-7-5-6-8-37(26)46-38/h5-25H,1-4H3. The smallest absolute Gasteiger partial charge is 0.0885 e. The predicted molar refractivity (Wildman–Crippen MR) is 190 cm³/mol. The minimum absolute atomic E-state index is 0.117. The lowest BCUT2D eigenvalue weighted by atomic mass is 9.75. The van der Waals surface area contributed by atoms with Gasteiger partial charge in [0, 0.05) is 39.7 Å². The van der Waals surface area contributed by atoms with Gasteiger partial charge in [0.05, 0.1) is 23.1 Å². The fourth-order valence-corrected chi connectivity index (χ4v) is 7.99. The lowest BCUT2D eigenvalue weighted by Gasteiger charge is -2.28. The number of nitrogens with zero attached hydrogens (tertiary/aromatic N) is 3. The van der Waals surface area contributed by atoms with E-state index < -0.39 is 0 Å². The van der Waals surface area contributed by atoms with Crippen molar-refractivity contribution in [3.8, 4) is 33.6 Å². The Labute approximate surface area is 269 Å². The Hall–Kier alpha value is -5.41. The molecule has 0 aliphatic heterocycles. The summed E-state index contributed by atoms with van der Waals surface area (Å²) in [6.45, 7) is 9.58. The molecule has 0 saturated heterocycles. The van der Waals surface area contributed by atoms with Crippen molar-refractivity contribution in [3.05, 3.63) is 150 Å². The zero-order chi connectivity index (χ0) is 31.2. The van der Waals surface area contributed by atoms with Crippen molar-refractivity contribution in [1.29, 1.82) is 0 Å². The first kappa shape index (κ1) is 26.9. The van der Waals surface area contributed by atoms with Crippen molar-refractivity contribution >= 4 is 32.8 Å². The van der Waals surface area contributed by atoms with Crippen LogP contribution in [-0.2, 0) is 10.8 Å². The molecule has 2 aliphatic carbocycles. The second-order valence-electron chi connectivity index (χ2n) is 13.8. The number of rotatable bonds is 3. The third-order valence-electron chi connectivity index (χ3n) is 10.4. The molecular formula is C43H33N3. The quantitative estimate of drug-likeness (QED) is 0.205. The molecule has 7 aromatic rings. The zero-order valence-corrected chi connectivity index (χ0v) is 26.5. The Balaban J connectivity index is 1.09. The number of pyridine rings is 1. The maximum absolute atomic E-state index is 5.01. The SMILES string of the molecule is CC1(C)C2=C(c3ccc(-c4ccc5cc(-c6cnccn6)ccc5c4)cc31)C(C)(C)c1cc(-c3ccc4ccccc4n3)ccc12. The number of fused-ring (bicyclic) bond motifs is 6. The highest BCUT2D eigenvalue weighted by atomic mass is 14.8. The average Bonchev–Trinajstić information content (AvgIpc) is 3.48.